The molecule has 0 saturated carbocycles. The third-order valence-electron chi connectivity index (χ3n) is 3.71. The molecule has 0 fully saturated rings. The van der Waals surface area contributed by atoms with Crippen molar-refractivity contribution in [3.05, 3.63) is 72.8 Å². The van der Waals surface area contributed by atoms with Crippen LogP contribution in [0.1, 0.15) is 18.5 Å². The van der Waals surface area contributed by atoms with Gasteiger partial charge in [-0.05, 0) is 24.1 Å². The molecule has 23 heavy (non-hydrogen) atoms. The summed E-state index contributed by atoms with van der Waals surface area (Å²) >= 11 is 0. The summed E-state index contributed by atoms with van der Waals surface area (Å²) in [6, 6.07) is 15.2. The monoisotopic (exact) mass is 331 g/mol. The Morgan fingerprint density at radius 2 is 1.70 bits per heavy atom. The molecule has 0 bridgehead atoms. The highest BCUT2D eigenvalue weighted by molar-refractivity contribution is 7.89. The van der Waals surface area contributed by atoms with E-state index >= 15 is 0 Å². The van der Waals surface area contributed by atoms with Crippen LogP contribution in [-0.4, -0.2) is 15.5 Å². The maximum Gasteiger partial charge on any atom is 0.241 e. The van der Waals surface area contributed by atoms with Gasteiger partial charge in [0.15, 0.2) is 0 Å². The largest absolute Gasteiger partial charge is 0.496 e. The molecule has 0 aromatic heterocycles. The van der Waals surface area contributed by atoms with Gasteiger partial charge >= 0.3 is 0 Å². The minimum Gasteiger partial charge on any atom is -0.496 e. The van der Waals surface area contributed by atoms with Crippen molar-refractivity contribution >= 4 is 10.0 Å². The van der Waals surface area contributed by atoms with E-state index in [4.69, 9.17) is 4.74 Å². The summed E-state index contributed by atoms with van der Waals surface area (Å²) in [5.74, 6) is 0.534. The van der Waals surface area contributed by atoms with E-state index in [0.29, 0.717) is 5.75 Å². The third kappa shape index (κ3) is 4.00. The topological polar surface area (TPSA) is 55.4 Å². The zero-order chi connectivity index (χ0) is 16.9. The molecule has 0 amide bonds. The highest BCUT2D eigenvalue weighted by Gasteiger charge is 2.26. The van der Waals surface area contributed by atoms with Gasteiger partial charge in [-0.15, -0.1) is 6.58 Å². The van der Waals surface area contributed by atoms with E-state index in [9.17, 15) is 8.42 Å². The fraction of sp³-hybridized carbons (Fsp3) is 0.222. The maximum absolute atomic E-state index is 12.6. The Balaban J connectivity index is 2.43. The summed E-state index contributed by atoms with van der Waals surface area (Å²) in [6.07, 6.45) is 1.73. The molecule has 0 unspecified atom stereocenters. The van der Waals surface area contributed by atoms with Crippen molar-refractivity contribution in [2.75, 3.05) is 7.11 Å². The first-order valence-electron chi connectivity index (χ1n) is 7.32. The molecule has 0 saturated heterocycles. The predicted octanol–water partition coefficient (Wildman–Crippen LogP) is 3.54. The number of hydrogen-bond acceptors (Lipinski definition) is 3. The molecule has 2 atom stereocenters. The number of para-hydroxylation sites is 1. The van der Waals surface area contributed by atoms with Crippen molar-refractivity contribution < 1.29 is 13.2 Å². The van der Waals surface area contributed by atoms with E-state index in [-0.39, 0.29) is 10.8 Å². The van der Waals surface area contributed by atoms with Crippen LogP contribution in [0.4, 0.5) is 0 Å². The van der Waals surface area contributed by atoms with Crippen molar-refractivity contribution in [3.63, 3.8) is 0 Å². The number of sulfonamides is 1. The van der Waals surface area contributed by atoms with E-state index in [1.807, 2.05) is 31.2 Å². The molecule has 2 rings (SSSR count). The normalized spacial score (nSPS) is 14.0. The number of ether oxygens (including phenoxy) is 1. The molecule has 0 aliphatic heterocycles. The van der Waals surface area contributed by atoms with Crippen molar-refractivity contribution in [3.8, 4) is 5.75 Å². The van der Waals surface area contributed by atoms with Gasteiger partial charge in [-0.2, -0.15) is 0 Å². The predicted molar refractivity (Wildman–Crippen MR) is 91.9 cm³/mol. The molecule has 4 nitrogen and oxygen atoms in total. The number of rotatable bonds is 7. The molecule has 0 aliphatic rings. The Bertz CT molecular complexity index is 757. The second-order valence-electron chi connectivity index (χ2n) is 5.25. The Kier molecular flexibility index (Phi) is 5.58. The molecular formula is C18H21NO3S. The van der Waals surface area contributed by atoms with Gasteiger partial charge in [0.25, 0.3) is 0 Å². The number of hydrogen-bond donors (Lipinski definition) is 1. The van der Waals surface area contributed by atoms with Gasteiger partial charge < -0.3 is 4.74 Å². The summed E-state index contributed by atoms with van der Waals surface area (Å²) in [4.78, 5) is 0.233. The summed E-state index contributed by atoms with van der Waals surface area (Å²) in [5, 5.41) is 0. The lowest BCUT2D eigenvalue weighted by Gasteiger charge is -2.25. The maximum atomic E-state index is 12.6. The molecule has 0 aliphatic carbocycles. The zero-order valence-electron chi connectivity index (χ0n) is 13.3. The Morgan fingerprint density at radius 3 is 2.30 bits per heavy atom. The van der Waals surface area contributed by atoms with Crippen LogP contribution in [0.3, 0.4) is 0 Å². The van der Waals surface area contributed by atoms with Crippen LogP contribution in [0.2, 0.25) is 0 Å². The molecule has 122 valence electrons. The summed E-state index contributed by atoms with van der Waals surface area (Å²) in [5.41, 5.74) is 0.780. The average molecular weight is 331 g/mol. The van der Waals surface area contributed by atoms with Crippen LogP contribution in [0.5, 0.6) is 5.75 Å². The lowest BCUT2D eigenvalue weighted by atomic mass is 9.95. The van der Waals surface area contributed by atoms with Crippen LogP contribution in [0, 0.1) is 5.92 Å². The first-order valence-corrected chi connectivity index (χ1v) is 8.80. The summed E-state index contributed by atoms with van der Waals surface area (Å²) < 4.78 is 33.4. The molecule has 0 heterocycles. The van der Waals surface area contributed by atoms with Crippen LogP contribution in [0.15, 0.2) is 72.1 Å². The molecule has 0 spiro atoms. The Morgan fingerprint density at radius 1 is 1.09 bits per heavy atom. The SMILES string of the molecule is C=C[C@H](C)[C@H](NS(=O)(=O)c1ccccc1)c1ccccc1OC. The first-order chi connectivity index (χ1) is 11.0. The van der Waals surface area contributed by atoms with Crippen LogP contribution >= 0.6 is 0 Å². The molecule has 5 heteroatoms. The van der Waals surface area contributed by atoms with Crippen LogP contribution in [-0.2, 0) is 10.0 Å². The van der Waals surface area contributed by atoms with Gasteiger partial charge in [0.2, 0.25) is 10.0 Å². The van der Waals surface area contributed by atoms with E-state index in [1.54, 1.807) is 43.5 Å². The van der Waals surface area contributed by atoms with E-state index in [1.165, 1.54) is 0 Å². The second kappa shape index (κ2) is 7.44. The van der Waals surface area contributed by atoms with Gasteiger partial charge in [0.05, 0.1) is 18.0 Å². The number of nitrogens with one attached hydrogen (secondary N) is 1. The highest BCUT2D eigenvalue weighted by atomic mass is 32.2. The van der Waals surface area contributed by atoms with Crippen LogP contribution in [0.25, 0.3) is 0 Å². The smallest absolute Gasteiger partial charge is 0.241 e. The van der Waals surface area contributed by atoms with Gasteiger partial charge in [-0.25, -0.2) is 13.1 Å². The average Bonchev–Trinajstić information content (AvgIpc) is 2.59. The van der Waals surface area contributed by atoms with E-state index < -0.39 is 16.1 Å². The number of benzene rings is 2. The molecular weight excluding hydrogens is 310 g/mol. The Labute approximate surface area is 137 Å². The fourth-order valence-corrected chi connectivity index (χ4v) is 3.68. The van der Waals surface area contributed by atoms with Gasteiger partial charge in [-0.3, -0.25) is 0 Å². The lowest BCUT2D eigenvalue weighted by molar-refractivity contribution is 0.395. The third-order valence-corrected chi connectivity index (χ3v) is 5.16. The first kappa shape index (κ1) is 17.2. The quantitative estimate of drug-likeness (QED) is 0.790. The molecule has 1 N–H and O–H groups in total. The van der Waals surface area contributed by atoms with Crippen LogP contribution < -0.4 is 9.46 Å². The van der Waals surface area contributed by atoms with Crippen molar-refractivity contribution in [1.82, 2.24) is 4.72 Å². The lowest BCUT2D eigenvalue weighted by Crippen LogP contribution is -2.32. The Hall–Kier alpha value is -2.11. The van der Waals surface area contributed by atoms with E-state index in [2.05, 4.69) is 11.3 Å². The van der Waals surface area contributed by atoms with Crippen molar-refractivity contribution in [2.45, 2.75) is 17.9 Å². The van der Waals surface area contributed by atoms with Gasteiger partial charge in [0.1, 0.15) is 5.75 Å². The van der Waals surface area contributed by atoms with Gasteiger partial charge in [-0.1, -0.05) is 49.4 Å². The van der Waals surface area contributed by atoms with Crippen molar-refractivity contribution in [1.29, 1.82) is 0 Å². The van der Waals surface area contributed by atoms with E-state index in [0.717, 1.165) is 5.56 Å². The van der Waals surface area contributed by atoms with Gasteiger partial charge in [0, 0.05) is 5.56 Å². The minimum absolute atomic E-state index is 0.107. The molecule has 2 aromatic carbocycles. The summed E-state index contributed by atoms with van der Waals surface area (Å²) in [6.45, 7) is 5.70. The molecule has 2 aromatic rings. The van der Waals surface area contributed by atoms with Crippen molar-refractivity contribution in [2.24, 2.45) is 5.92 Å². The number of methoxy groups -OCH3 is 1. The second-order valence-corrected chi connectivity index (χ2v) is 6.96. The molecule has 0 radical (unpaired) electrons. The fourth-order valence-electron chi connectivity index (χ4n) is 2.35. The standard InChI is InChI=1S/C18H21NO3S/c1-4-14(2)18(16-12-8-9-13-17(16)22-3)19-23(20,21)15-10-6-5-7-11-15/h4-14,18-19H,1H2,2-3H3/t14-,18-/m0/s1. The minimum atomic E-state index is -3.64. The summed E-state index contributed by atoms with van der Waals surface area (Å²) in [7, 11) is -2.07. The zero-order valence-corrected chi connectivity index (χ0v) is 14.1. The highest BCUT2D eigenvalue weighted by Crippen LogP contribution is 2.31.